The molecule has 0 saturated heterocycles. The number of hydrogen-bond donors (Lipinski definition) is 1. The number of sulfonamides is 1. The van der Waals surface area contributed by atoms with Gasteiger partial charge in [0.15, 0.2) is 0 Å². The smallest absolute Gasteiger partial charge is 0.244 e. The van der Waals surface area contributed by atoms with Crippen LogP contribution < -0.4 is 5.32 Å². The molecule has 108 valence electrons. The molecule has 1 N–H and O–H groups in total. The summed E-state index contributed by atoms with van der Waals surface area (Å²) < 4.78 is 25.6. The fourth-order valence-corrected chi connectivity index (χ4v) is 3.03. The third-order valence-corrected chi connectivity index (χ3v) is 5.01. The highest BCUT2D eigenvalue weighted by Gasteiger charge is 2.20. The standard InChI is InChI=1S/C13H21ClN2O2S/c1-4-7-11(14)10-15-12-8-5-6-9-13(12)19(17,18)16(2)3/h5-6,8-9,11,15H,4,7,10H2,1-3H3. The highest BCUT2D eigenvalue weighted by molar-refractivity contribution is 7.89. The van der Waals surface area contributed by atoms with Gasteiger partial charge in [0.25, 0.3) is 0 Å². The Kier molecular flexibility index (Phi) is 6.10. The maximum Gasteiger partial charge on any atom is 0.244 e. The van der Waals surface area contributed by atoms with E-state index < -0.39 is 10.0 Å². The lowest BCUT2D eigenvalue weighted by Gasteiger charge is -2.17. The summed E-state index contributed by atoms with van der Waals surface area (Å²) in [6, 6.07) is 6.87. The Morgan fingerprint density at radius 1 is 1.32 bits per heavy atom. The number of hydrogen-bond acceptors (Lipinski definition) is 3. The topological polar surface area (TPSA) is 49.4 Å². The molecule has 0 aliphatic rings. The zero-order valence-electron chi connectivity index (χ0n) is 11.6. The van der Waals surface area contributed by atoms with Crippen molar-refractivity contribution in [2.45, 2.75) is 30.0 Å². The monoisotopic (exact) mass is 304 g/mol. The Bertz CT molecular complexity index is 503. The van der Waals surface area contributed by atoms with Crippen LogP contribution in [0.15, 0.2) is 29.2 Å². The maximum atomic E-state index is 12.2. The number of benzene rings is 1. The minimum absolute atomic E-state index is 0.000108. The van der Waals surface area contributed by atoms with Gasteiger partial charge >= 0.3 is 0 Å². The average molecular weight is 305 g/mol. The summed E-state index contributed by atoms with van der Waals surface area (Å²) in [4.78, 5) is 0.278. The van der Waals surface area contributed by atoms with Crippen molar-refractivity contribution < 1.29 is 8.42 Å². The molecule has 1 aromatic carbocycles. The first-order valence-electron chi connectivity index (χ1n) is 6.29. The molecule has 0 spiro atoms. The zero-order valence-corrected chi connectivity index (χ0v) is 13.1. The van der Waals surface area contributed by atoms with E-state index in [0.717, 1.165) is 12.8 Å². The predicted molar refractivity (Wildman–Crippen MR) is 80.4 cm³/mol. The van der Waals surface area contributed by atoms with E-state index >= 15 is 0 Å². The van der Waals surface area contributed by atoms with Crippen molar-refractivity contribution in [3.8, 4) is 0 Å². The summed E-state index contributed by atoms with van der Waals surface area (Å²) in [7, 11) is -0.397. The molecule has 19 heavy (non-hydrogen) atoms. The zero-order chi connectivity index (χ0) is 14.5. The number of rotatable bonds is 7. The van der Waals surface area contributed by atoms with E-state index in [4.69, 9.17) is 11.6 Å². The molecule has 0 bridgehead atoms. The first kappa shape index (κ1) is 16.3. The van der Waals surface area contributed by atoms with Gasteiger partial charge in [-0.2, -0.15) is 0 Å². The maximum absolute atomic E-state index is 12.2. The van der Waals surface area contributed by atoms with Crippen LogP contribution in [0.4, 0.5) is 5.69 Å². The third kappa shape index (κ3) is 4.37. The highest BCUT2D eigenvalue weighted by atomic mass is 35.5. The molecule has 0 heterocycles. The number of anilines is 1. The van der Waals surface area contributed by atoms with Crippen molar-refractivity contribution >= 4 is 27.3 Å². The molecular formula is C13H21ClN2O2S. The molecule has 0 amide bonds. The van der Waals surface area contributed by atoms with Crippen molar-refractivity contribution in [1.29, 1.82) is 0 Å². The van der Waals surface area contributed by atoms with Crippen LogP contribution >= 0.6 is 11.6 Å². The second kappa shape index (κ2) is 7.12. The van der Waals surface area contributed by atoms with Crippen LogP contribution in [0.3, 0.4) is 0 Å². The molecule has 1 aromatic rings. The number of halogens is 1. The summed E-state index contributed by atoms with van der Waals surface area (Å²) in [5, 5.41) is 3.12. The highest BCUT2D eigenvalue weighted by Crippen LogP contribution is 2.23. The number of para-hydroxylation sites is 1. The Morgan fingerprint density at radius 2 is 1.95 bits per heavy atom. The Balaban J connectivity index is 2.91. The molecule has 0 fully saturated rings. The van der Waals surface area contributed by atoms with E-state index in [0.29, 0.717) is 12.2 Å². The molecule has 6 heteroatoms. The fourth-order valence-electron chi connectivity index (χ4n) is 1.67. The lowest BCUT2D eigenvalue weighted by molar-refractivity contribution is 0.521. The molecule has 0 aromatic heterocycles. The summed E-state index contributed by atoms with van der Waals surface area (Å²) in [5.74, 6) is 0. The molecule has 1 rings (SSSR count). The van der Waals surface area contributed by atoms with Gasteiger partial charge in [0.05, 0.1) is 11.1 Å². The van der Waals surface area contributed by atoms with E-state index in [1.807, 2.05) is 0 Å². The Morgan fingerprint density at radius 3 is 2.53 bits per heavy atom. The second-order valence-electron chi connectivity index (χ2n) is 4.55. The molecule has 0 aliphatic heterocycles. The second-order valence-corrected chi connectivity index (χ2v) is 7.29. The van der Waals surface area contributed by atoms with Crippen molar-refractivity contribution in [3.05, 3.63) is 24.3 Å². The Labute approximate surface area is 120 Å². The van der Waals surface area contributed by atoms with E-state index in [-0.39, 0.29) is 10.3 Å². The fraction of sp³-hybridized carbons (Fsp3) is 0.538. The normalized spacial score (nSPS) is 13.5. The molecule has 0 radical (unpaired) electrons. The van der Waals surface area contributed by atoms with Gasteiger partial charge in [0, 0.05) is 20.6 Å². The quantitative estimate of drug-likeness (QED) is 0.788. The number of nitrogens with zero attached hydrogens (tertiary/aromatic N) is 1. The van der Waals surface area contributed by atoms with Crippen LogP contribution in [0.5, 0.6) is 0 Å². The molecular weight excluding hydrogens is 284 g/mol. The molecule has 4 nitrogen and oxygen atoms in total. The van der Waals surface area contributed by atoms with Crippen molar-refractivity contribution in [2.75, 3.05) is 26.0 Å². The average Bonchev–Trinajstić information content (AvgIpc) is 2.37. The van der Waals surface area contributed by atoms with Crippen molar-refractivity contribution in [2.24, 2.45) is 0 Å². The molecule has 1 unspecified atom stereocenters. The minimum Gasteiger partial charge on any atom is -0.382 e. The summed E-state index contributed by atoms with van der Waals surface area (Å²) in [6.45, 7) is 2.62. The van der Waals surface area contributed by atoms with Crippen LogP contribution in [-0.2, 0) is 10.0 Å². The predicted octanol–water partition coefficient (Wildman–Crippen LogP) is 2.76. The molecule has 0 saturated carbocycles. The Hall–Kier alpha value is -0.780. The SMILES string of the molecule is CCCC(Cl)CNc1ccccc1S(=O)(=O)N(C)C. The van der Waals surface area contributed by atoms with Crippen LogP contribution in [-0.4, -0.2) is 38.7 Å². The van der Waals surface area contributed by atoms with E-state index in [2.05, 4.69) is 12.2 Å². The summed E-state index contributed by atoms with van der Waals surface area (Å²) >= 11 is 6.14. The van der Waals surface area contributed by atoms with Crippen molar-refractivity contribution in [3.63, 3.8) is 0 Å². The summed E-state index contributed by atoms with van der Waals surface area (Å²) in [5.41, 5.74) is 0.595. The van der Waals surface area contributed by atoms with Gasteiger partial charge in [-0.3, -0.25) is 0 Å². The van der Waals surface area contributed by atoms with Gasteiger partial charge < -0.3 is 5.32 Å². The lowest BCUT2D eigenvalue weighted by atomic mass is 10.2. The molecule has 0 aliphatic carbocycles. The van der Waals surface area contributed by atoms with Gasteiger partial charge in [-0.15, -0.1) is 11.6 Å². The largest absolute Gasteiger partial charge is 0.382 e. The van der Waals surface area contributed by atoms with Gasteiger partial charge in [0.1, 0.15) is 4.90 Å². The first-order chi connectivity index (χ1) is 8.89. The van der Waals surface area contributed by atoms with Crippen molar-refractivity contribution in [1.82, 2.24) is 4.31 Å². The molecule has 1 atom stereocenters. The van der Waals surface area contributed by atoms with Gasteiger partial charge in [-0.25, -0.2) is 12.7 Å². The van der Waals surface area contributed by atoms with Gasteiger partial charge in [-0.1, -0.05) is 25.5 Å². The van der Waals surface area contributed by atoms with Crippen LogP contribution in [0.25, 0.3) is 0 Å². The minimum atomic E-state index is -3.44. The van der Waals surface area contributed by atoms with E-state index in [1.54, 1.807) is 24.3 Å². The van der Waals surface area contributed by atoms with E-state index in [9.17, 15) is 8.42 Å². The van der Waals surface area contributed by atoms with Gasteiger partial charge in [0.2, 0.25) is 10.0 Å². The van der Waals surface area contributed by atoms with Crippen LogP contribution in [0.1, 0.15) is 19.8 Å². The number of alkyl halides is 1. The van der Waals surface area contributed by atoms with Gasteiger partial charge in [-0.05, 0) is 18.6 Å². The van der Waals surface area contributed by atoms with Crippen LogP contribution in [0.2, 0.25) is 0 Å². The van der Waals surface area contributed by atoms with E-state index in [1.165, 1.54) is 18.4 Å². The first-order valence-corrected chi connectivity index (χ1v) is 8.16. The summed E-state index contributed by atoms with van der Waals surface area (Å²) in [6.07, 6.45) is 1.91. The van der Waals surface area contributed by atoms with Crippen LogP contribution in [0, 0.1) is 0 Å². The number of nitrogens with one attached hydrogen (secondary N) is 1. The lowest BCUT2D eigenvalue weighted by Crippen LogP contribution is -2.24. The third-order valence-electron chi connectivity index (χ3n) is 2.76.